The van der Waals surface area contributed by atoms with Crippen LogP contribution in [0.4, 0.5) is 14.5 Å². The van der Waals surface area contributed by atoms with E-state index in [9.17, 15) is 33.2 Å². The zero-order chi connectivity index (χ0) is 31.4. The highest BCUT2D eigenvalue weighted by Gasteiger charge is 2.69. The van der Waals surface area contributed by atoms with Gasteiger partial charge in [-0.3, -0.25) is 19.2 Å². The van der Waals surface area contributed by atoms with Crippen molar-refractivity contribution in [3.63, 3.8) is 0 Å². The Balaban J connectivity index is 1.31. The third-order valence-electron chi connectivity index (χ3n) is 9.22. The number of amides is 4. The van der Waals surface area contributed by atoms with E-state index in [1.807, 2.05) is 40.7 Å². The summed E-state index contributed by atoms with van der Waals surface area (Å²) in [7, 11) is 0. The molecule has 3 aliphatic heterocycles. The molecule has 1 aliphatic carbocycles. The molecule has 0 unspecified atom stereocenters. The number of halogens is 2. The van der Waals surface area contributed by atoms with Gasteiger partial charge in [-0.15, -0.1) is 0 Å². The van der Waals surface area contributed by atoms with Gasteiger partial charge in [-0.1, -0.05) is 34.6 Å². The van der Waals surface area contributed by atoms with E-state index in [1.54, 1.807) is 0 Å². The summed E-state index contributed by atoms with van der Waals surface area (Å²) >= 11 is 0. The number of benzene rings is 1. The van der Waals surface area contributed by atoms with E-state index in [4.69, 9.17) is 9.47 Å². The van der Waals surface area contributed by atoms with E-state index >= 15 is 0 Å². The van der Waals surface area contributed by atoms with Crippen LogP contribution < -0.4 is 20.7 Å². The molecule has 2 saturated heterocycles. The van der Waals surface area contributed by atoms with Crippen LogP contribution in [-0.2, 0) is 23.9 Å². The maximum atomic E-state index is 14.0. The number of nitrogens with one attached hydrogen (secondary N) is 3. The summed E-state index contributed by atoms with van der Waals surface area (Å²) in [5.41, 5.74) is -0.909. The summed E-state index contributed by atoms with van der Waals surface area (Å²) in [6, 6.07) is 0.602. The van der Waals surface area contributed by atoms with E-state index < -0.39 is 53.1 Å². The molecule has 3 N–H and O–H groups in total. The Hall–Kier alpha value is -3.79. The quantitative estimate of drug-likeness (QED) is 0.433. The van der Waals surface area contributed by atoms with Crippen LogP contribution >= 0.6 is 0 Å². The SMILES string of the molecule is CC(C)(C)[C@H](NC(=O)[C@@H]1CCOC1)C(=O)N1C[C@H]2[C@@H]([C@H]1C(=O)N[C@H](C#N)C[C@@H]1Oc3cc(F)c(F)cc3NC1=O)C2(C)C. The number of nitrogens with zero attached hydrogens (tertiary/aromatic N) is 2. The van der Waals surface area contributed by atoms with Crippen molar-refractivity contribution in [2.24, 2.45) is 28.6 Å². The first-order chi connectivity index (χ1) is 20.1. The topological polar surface area (TPSA) is 150 Å². The zero-order valence-corrected chi connectivity index (χ0v) is 24.8. The van der Waals surface area contributed by atoms with Crippen molar-refractivity contribution in [2.45, 2.75) is 71.7 Å². The monoisotopic (exact) mass is 601 g/mol. The highest BCUT2D eigenvalue weighted by Crippen LogP contribution is 2.65. The fourth-order valence-electron chi connectivity index (χ4n) is 6.54. The van der Waals surface area contributed by atoms with Crippen LogP contribution in [0.25, 0.3) is 0 Å². The van der Waals surface area contributed by atoms with Crippen LogP contribution in [0.15, 0.2) is 12.1 Å². The van der Waals surface area contributed by atoms with Gasteiger partial charge >= 0.3 is 0 Å². The molecule has 0 radical (unpaired) electrons. The largest absolute Gasteiger partial charge is 0.478 e. The lowest BCUT2D eigenvalue weighted by Crippen LogP contribution is -2.60. The van der Waals surface area contributed by atoms with Crippen molar-refractivity contribution in [1.82, 2.24) is 15.5 Å². The minimum Gasteiger partial charge on any atom is -0.478 e. The number of likely N-dealkylation sites (tertiary alicyclic amines) is 1. The molecule has 1 saturated carbocycles. The molecule has 43 heavy (non-hydrogen) atoms. The summed E-state index contributed by atoms with van der Waals surface area (Å²) < 4.78 is 38.2. The average molecular weight is 602 g/mol. The lowest BCUT2D eigenvalue weighted by Gasteiger charge is -2.38. The second kappa shape index (κ2) is 11.0. The number of fused-ring (bicyclic) bond motifs is 2. The Bertz CT molecular complexity index is 1380. The van der Waals surface area contributed by atoms with Crippen LogP contribution in [0.2, 0.25) is 0 Å². The average Bonchev–Trinajstić information content (AvgIpc) is 3.38. The molecule has 5 rings (SSSR count). The predicted molar refractivity (Wildman–Crippen MR) is 148 cm³/mol. The summed E-state index contributed by atoms with van der Waals surface area (Å²) in [6.45, 7) is 10.7. The summed E-state index contributed by atoms with van der Waals surface area (Å²) in [5.74, 6) is -4.72. The van der Waals surface area contributed by atoms with Crippen molar-refractivity contribution < 1.29 is 37.4 Å². The molecule has 3 heterocycles. The van der Waals surface area contributed by atoms with E-state index in [0.29, 0.717) is 26.2 Å². The standard InChI is InChI=1S/C30H37F2N5O6/c1-29(2,3)24(36-25(38)14-6-7-42-13-14)28(41)37-12-16-22(30(16,4)5)23(37)27(40)34-15(11-33)8-21-26(39)35-19-9-17(31)18(32)10-20(19)43-21/h9-10,14-16,21-24H,6-8,12-13H2,1-5H3,(H,34,40)(H,35,39)(H,36,38)/t14-,15+,16+,21+,22+,23+,24-/m1/s1. The highest BCUT2D eigenvalue weighted by atomic mass is 19.2. The van der Waals surface area contributed by atoms with Crippen LogP contribution in [0, 0.1) is 51.5 Å². The van der Waals surface area contributed by atoms with Crippen molar-refractivity contribution in [3.05, 3.63) is 23.8 Å². The van der Waals surface area contributed by atoms with Crippen molar-refractivity contribution in [2.75, 3.05) is 25.1 Å². The van der Waals surface area contributed by atoms with Gasteiger partial charge in [0.2, 0.25) is 17.7 Å². The number of nitriles is 1. The van der Waals surface area contributed by atoms with Gasteiger partial charge in [0.1, 0.15) is 23.9 Å². The van der Waals surface area contributed by atoms with Crippen LogP contribution in [0.3, 0.4) is 0 Å². The Morgan fingerprint density at radius 1 is 1.19 bits per heavy atom. The molecule has 11 nitrogen and oxygen atoms in total. The Kier molecular flexibility index (Phi) is 7.88. The number of anilines is 1. The van der Waals surface area contributed by atoms with Crippen LogP contribution in [0.5, 0.6) is 5.75 Å². The molecule has 4 amide bonds. The second-order valence-corrected chi connectivity index (χ2v) is 13.5. The van der Waals surface area contributed by atoms with Gasteiger partial charge in [0.15, 0.2) is 17.7 Å². The molecule has 4 aliphatic rings. The second-order valence-electron chi connectivity index (χ2n) is 13.5. The molecule has 0 aromatic heterocycles. The molecule has 1 aromatic rings. The molecule has 1 aromatic carbocycles. The maximum absolute atomic E-state index is 14.0. The number of hydrogen-bond acceptors (Lipinski definition) is 7. The van der Waals surface area contributed by atoms with Crippen molar-refractivity contribution in [1.29, 1.82) is 5.26 Å². The van der Waals surface area contributed by atoms with Gasteiger partial charge in [-0.2, -0.15) is 5.26 Å². The normalized spacial score (nSPS) is 28.4. The summed E-state index contributed by atoms with van der Waals surface area (Å²) in [5, 5.41) is 17.9. The first-order valence-electron chi connectivity index (χ1n) is 14.5. The van der Waals surface area contributed by atoms with E-state index in [-0.39, 0.29) is 52.8 Å². The van der Waals surface area contributed by atoms with Gasteiger partial charge in [-0.05, 0) is 29.1 Å². The fourth-order valence-corrected chi connectivity index (χ4v) is 6.54. The summed E-state index contributed by atoms with van der Waals surface area (Å²) in [4.78, 5) is 54.9. The first-order valence-corrected chi connectivity index (χ1v) is 14.5. The predicted octanol–water partition coefficient (Wildman–Crippen LogP) is 2.11. The lowest BCUT2D eigenvalue weighted by atomic mass is 9.84. The van der Waals surface area contributed by atoms with Crippen LogP contribution in [-0.4, -0.2) is 72.5 Å². The number of rotatable bonds is 7. The van der Waals surface area contributed by atoms with Crippen molar-refractivity contribution in [3.8, 4) is 11.8 Å². The minimum atomic E-state index is -1.26. The molecule has 0 bridgehead atoms. The molecular weight excluding hydrogens is 564 g/mol. The number of carbonyl (C=O) groups is 4. The number of ether oxygens (including phenoxy) is 2. The van der Waals surface area contributed by atoms with Gasteiger partial charge in [0.25, 0.3) is 5.91 Å². The molecular formula is C30H37F2N5O6. The Morgan fingerprint density at radius 2 is 1.88 bits per heavy atom. The van der Waals surface area contributed by atoms with Crippen molar-refractivity contribution >= 4 is 29.3 Å². The Labute approximate surface area is 248 Å². The third-order valence-corrected chi connectivity index (χ3v) is 9.22. The van der Waals surface area contributed by atoms with E-state index in [2.05, 4.69) is 16.0 Å². The number of piperidine rings is 1. The minimum absolute atomic E-state index is 0.0410. The Morgan fingerprint density at radius 3 is 2.51 bits per heavy atom. The number of hydrogen-bond donors (Lipinski definition) is 3. The maximum Gasteiger partial charge on any atom is 0.265 e. The fraction of sp³-hybridized carbons (Fsp3) is 0.633. The van der Waals surface area contributed by atoms with Crippen LogP contribution in [0.1, 0.15) is 47.5 Å². The molecule has 0 spiro atoms. The first kappa shape index (κ1) is 30.7. The lowest BCUT2D eigenvalue weighted by molar-refractivity contribution is -0.146. The molecule has 3 fully saturated rings. The molecule has 13 heteroatoms. The smallest absolute Gasteiger partial charge is 0.265 e. The summed E-state index contributed by atoms with van der Waals surface area (Å²) in [6.07, 6.45) is -0.956. The van der Waals surface area contributed by atoms with Gasteiger partial charge in [-0.25, -0.2) is 8.78 Å². The number of carbonyl (C=O) groups excluding carboxylic acids is 4. The third kappa shape index (κ3) is 5.77. The van der Waals surface area contributed by atoms with Gasteiger partial charge < -0.3 is 30.3 Å². The van der Waals surface area contributed by atoms with Gasteiger partial charge in [0, 0.05) is 31.7 Å². The molecule has 7 atom stereocenters. The van der Waals surface area contributed by atoms with E-state index in [0.717, 1.165) is 12.1 Å². The zero-order valence-electron chi connectivity index (χ0n) is 24.8. The molecule has 232 valence electrons. The van der Waals surface area contributed by atoms with Gasteiger partial charge in [0.05, 0.1) is 24.3 Å². The highest BCUT2D eigenvalue weighted by molar-refractivity contribution is 5.98. The van der Waals surface area contributed by atoms with E-state index in [1.165, 1.54) is 4.90 Å².